The van der Waals surface area contributed by atoms with E-state index in [1.165, 1.54) is 0 Å². The van der Waals surface area contributed by atoms with Gasteiger partial charge in [0.05, 0.1) is 23.3 Å². The summed E-state index contributed by atoms with van der Waals surface area (Å²) in [6.45, 7) is 4.09. The highest BCUT2D eigenvalue weighted by atomic mass is 32.2. The largest absolute Gasteiger partial charge is 0.365 e. The first kappa shape index (κ1) is 20.2. The fraction of sp³-hybridized carbons (Fsp3) is 0.364. The lowest BCUT2D eigenvalue weighted by molar-refractivity contribution is 0.222. The molecule has 0 N–H and O–H groups in total. The molecule has 9 heteroatoms. The van der Waals surface area contributed by atoms with Gasteiger partial charge in [-0.2, -0.15) is 4.31 Å². The van der Waals surface area contributed by atoms with Crippen LogP contribution in [0.15, 0.2) is 59.6 Å². The lowest BCUT2D eigenvalue weighted by atomic mass is 10.2. The van der Waals surface area contributed by atoms with Gasteiger partial charge in [0.25, 0.3) is 0 Å². The first-order valence-electron chi connectivity index (χ1n) is 10.5. The van der Waals surface area contributed by atoms with Crippen LogP contribution in [0.2, 0.25) is 0 Å². The van der Waals surface area contributed by atoms with Crippen molar-refractivity contribution in [3.8, 4) is 5.69 Å². The Morgan fingerprint density at radius 2 is 1.74 bits per heavy atom. The van der Waals surface area contributed by atoms with Gasteiger partial charge >= 0.3 is 0 Å². The number of aromatic nitrogens is 3. The molecule has 162 valence electrons. The number of para-hydroxylation sites is 1. The van der Waals surface area contributed by atoms with Crippen LogP contribution in [-0.4, -0.2) is 72.4 Å². The van der Waals surface area contributed by atoms with Crippen LogP contribution in [0, 0.1) is 0 Å². The topological polar surface area (TPSA) is 74.6 Å². The molecular weight excluding hydrogens is 412 g/mol. The summed E-state index contributed by atoms with van der Waals surface area (Å²) in [5.74, 6) is 0. The number of piperazine rings is 1. The van der Waals surface area contributed by atoms with Crippen molar-refractivity contribution in [2.75, 3.05) is 44.7 Å². The Kier molecular flexibility index (Phi) is 5.25. The van der Waals surface area contributed by atoms with Crippen molar-refractivity contribution < 1.29 is 8.42 Å². The average molecular weight is 439 g/mol. The van der Waals surface area contributed by atoms with Gasteiger partial charge in [0.2, 0.25) is 10.0 Å². The predicted octanol–water partition coefficient (Wildman–Crippen LogP) is 1.77. The number of likely N-dealkylation sites (N-methyl/N-ethyl adjacent to an activating group) is 1. The summed E-state index contributed by atoms with van der Waals surface area (Å²) in [4.78, 5) is 4.79. The minimum absolute atomic E-state index is 0.396. The maximum absolute atomic E-state index is 13.1. The lowest BCUT2D eigenvalue weighted by Crippen LogP contribution is -2.47. The zero-order valence-corrected chi connectivity index (χ0v) is 18.4. The van der Waals surface area contributed by atoms with Gasteiger partial charge in [0, 0.05) is 38.4 Å². The molecule has 1 aromatic heterocycles. The number of benzene rings is 2. The molecule has 2 aliphatic heterocycles. The molecule has 0 saturated carbocycles. The molecule has 8 nitrogen and oxygen atoms in total. The summed E-state index contributed by atoms with van der Waals surface area (Å²) in [5.41, 5.74) is 4.00. The van der Waals surface area contributed by atoms with Crippen molar-refractivity contribution in [1.82, 2.24) is 24.2 Å². The number of anilines is 1. The third-order valence-electron chi connectivity index (χ3n) is 6.06. The summed E-state index contributed by atoms with van der Waals surface area (Å²) in [5, 5.41) is 8.56. The van der Waals surface area contributed by atoms with E-state index in [1.54, 1.807) is 15.1 Å². The molecule has 0 unspecified atom stereocenters. The summed E-state index contributed by atoms with van der Waals surface area (Å²) in [7, 11) is -1.43. The molecule has 1 fully saturated rings. The summed E-state index contributed by atoms with van der Waals surface area (Å²) < 4.78 is 29.5. The molecular formula is C22H26N6O2S. The number of sulfonamides is 1. The lowest BCUT2D eigenvalue weighted by Gasteiger charge is -2.31. The SMILES string of the molecule is CN1CCN(S(=O)(=O)c2ccc3c(c2)CCN3Cc2cn(-c3ccccc3)nn2)CC1. The molecule has 2 aliphatic rings. The highest BCUT2D eigenvalue weighted by Crippen LogP contribution is 2.32. The second kappa shape index (κ2) is 8.07. The van der Waals surface area contributed by atoms with Crippen LogP contribution < -0.4 is 4.90 Å². The Bertz CT molecular complexity index is 1170. The van der Waals surface area contributed by atoms with Gasteiger partial charge < -0.3 is 9.80 Å². The molecule has 0 bridgehead atoms. The number of hydrogen-bond acceptors (Lipinski definition) is 6. The summed E-state index contributed by atoms with van der Waals surface area (Å²) >= 11 is 0. The van der Waals surface area contributed by atoms with E-state index in [-0.39, 0.29) is 0 Å². The number of hydrogen-bond donors (Lipinski definition) is 0. The molecule has 3 aromatic rings. The van der Waals surface area contributed by atoms with Crippen LogP contribution >= 0.6 is 0 Å². The molecule has 1 saturated heterocycles. The summed E-state index contributed by atoms with van der Waals surface area (Å²) in [6.07, 6.45) is 2.77. The number of rotatable bonds is 5. The van der Waals surface area contributed by atoms with Crippen LogP contribution in [-0.2, 0) is 23.0 Å². The molecule has 0 atom stereocenters. The minimum Gasteiger partial charge on any atom is -0.365 e. The van der Waals surface area contributed by atoms with Crippen molar-refractivity contribution in [2.24, 2.45) is 0 Å². The molecule has 5 rings (SSSR count). The van der Waals surface area contributed by atoms with Gasteiger partial charge in [-0.15, -0.1) is 5.10 Å². The highest BCUT2D eigenvalue weighted by molar-refractivity contribution is 7.89. The molecule has 0 radical (unpaired) electrons. The second-order valence-electron chi connectivity index (χ2n) is 8.16. The zero-order chi connectivity index (χ0) is 21.4. The van der Waals surface area contributed by atoms with Gasteiger partial charge in [-0.1, -0.05) is 23.4 Å². The Labute approximate surface area is 182 Å². The second-order valence-corrected chi connectivity index (χ2v) is 10.1. The smallest absolute Gasteiger partial charge is 0.243 e. The molecule has 0 amide bonds. The molecule has 0 aliphatic carbocycles. The minimum atomic E-state index is -3.45. The molecule has 3 heterocycles. The molecule has 0 spiro atoms. The van der Waals surface area contributed by atoms with Gasteiger partial charge in [0.1, 0.15) is 5.69 Å². The van der Waals surface area contributed by atoms with Crippen LogP contribution in [0.3, 0.4) is 0 Å². The maximum Gasteiger partial charge on any atom is 0.243 e. The predicted molar refractivity (Wildman–Crippen MR) is 119 cm³/mol. The van der Waals surface area contributed by atoms with Gasteiger partial charge in [0.15, 0.2) is 0 Å². The Morgan fingerprint density at radius 1 is 0.968 bits per heavy atom. The highest BCUT2D eigenvalue weighted by Gasteiger charge is 2.29. The van der Waals surface area contributed by atoms with Crippen LogP contribution in [0.5, 0.6) is 0 Å². The molecule has 2 aromatic carbocycles. The third kappa shape index (κ3) is 3.96. The summed E-state index contributed by atoms with van der Waals surface area (Å²) in [6, 6.07) is 15.4. The van der Waals surface area contributed by atoms with Crippen molar-refractivity contribution in [2.45, 2.75) is 17.9 Å². The average Bonchev–Trinajstić information content (AvgIpc) is 3.42. The first-order chi connectivity index (χ1) is 15.0. The van der Waals surface area contributed by atoms with Gasteiger partial charge in [-0.3, -0.25) is 0 Å². The van der Waals surface area contributed by atoms with E-state index in [4.69, 9.17) is 0 Å². The van der Waals surface area contributed by atoms with Crippen molar-refractivity contribution in [1.29, 1.82) is 0 Å². The van der Waals surface area contributed by atoms with E-state index >= 15 is 0 Å². The van der Waals surface area contributed by atoms with Crippen molar-refractivity contribution in [3.05, 3.63) is 66.0 Å². The van der Waals surface area contributed by atoms with Crippen molar-refractivity contribution in [3.63, 3.8) is 0 Å². The fourth-order valence-corrected chi connectivity index (χ4v) is 5.70. The van der Waals surface area contributed by atoms with E-state index in [2.05, 4.69) is 20.1 Å². The van der Waals surface area contributed by atoms with E-state index < -0.39 is 10.0 Å². The van der Waals surface area contributed by atoms with Gasteiger partial charge in [-0.05, 0) is 49.4 Å². The van der Waals surface area contributed by atoms with E-state index in [0.717, 1.165) is 48.7 Å². The standard InChI is InChI=1S/C22H26N6O2S/c1-25-11-13-27(14-12-25)31(29,30)21-7-8-22-18(15-21)9-10-26(22)16-19-17-28(24-23-19)20-5-3-2-4-6-20/h2-8,15,17H,9-14,16H2,1H3. The monoisotopic (exact) mass is 438 g/mol. The normalized spacial score (nSPS) is 17.8. The van der Waals surface area contributed by atoms with Gasteiger partial charge in [-0.25, -0.2) is 13.1 Å². The Hall–Kier alpha value is -2.75. The zero-order valence-electron chi connectivity index (χ0n) is 17.6. The first-order valence-corrected chi connectivity index (χ1v) is 12.0. The van der Waals surface area contributed by atoms with Crippen molar-refractivity contribution >= 4 is 15.7 Å². The maximum atomic E-state index is 13.1. The Balaban J connectivity index is 1.32. The van der Waals surface area contributed by atoms with Crippen LogP contribution in [0.4, 0.5) is 5.69 Å². The fourth-order valence-electron chi connectivity index (χ4n) is 4.22. The third-order valence-corrected chi connectivity index (χ3v) is 7.95. The Morgan fingerprint density at radius 3 is 2.52 bits per heavy atom. The van der Waals surface area contributed by atoms with E-state index in [0.29, 0.717) is 24.5 Å². The van der Waals surface area contributed by atoms with Crippen LogP contribution in [0.25, 0.3) is 5.69 Å². The quantitative estimate of drug-likeness (QED) is 0.604. The molecule has 31 heavy (non-hydrogen) atoms. The number of fused-ring (bicyclic) bond motifs is 1. The van der Waals surface area contributed by atoms with E-state index in [1.807, 2.05) is 55.7 Å². The van der Waals surface area contributed by atoms with E-state index in [9.17, 15) is 8.42 Å². The number of nitrogens with zero attached hydrogens (tertiary/aromatic N) is 6. The van der Waals surface area contributed by atoms with Crippen LogP contribution in [0.1, 0.15) is 11.3 Å².